The SMILES string of the molecule is CS(=O)(=O)c1ccc(-c2csc(CO)c2)cc1. The largest absolute Gasteiger partial charge is 0.391 e. The van der Waals surface area contributed by atoms with Crippen molar-refractivity contribution in [2.45, 2.75) is 11.5 Å². The first-order chi connectivity index (χ1) is 8.00. The highest BCUT2D eigenvalue weighted by Crippen LogP contribution is 2.26. The zero-order valence-corrected chi connectivity index (χ0v) is 10.9. The second-order valence-electron chi connectivity index (χ2n) is 3.76. The summed E-state index contributed by atoms with van der Waals surface area (Å²) in [6.45, 7) is 0.0338. The predicted octanol–water partition coefficient (Wildman–Crippen LogP) is 2.31. The number of benzene rings is 1. The van der Waals surface area contributed by atoms with Gasteiger partial charge in [-0.25, -0.2) is 8.42 Å². The number of hydrogen-bond donors (Lipinski definition) is 1. The average Bonchev–Trinajstić information content (AvgIpc) is 2.76. The van der Waals surface area contributed by atoms with Gasteiger partial charge in [0.2, 0.25) is 0 Å². The number of aliphatic hydroxyl groups excluding tert-OH is 1. The van der Waals surface area contributed by atoms with Gasteiger partial charge >= 0.3 is 0 Å². The zero-order valence-electron chi connectivity index (χ0n) is 9.25. The van der Waals surface area contributed by atoms with E-state index in [1.54, 1.807) is 24.3 Å². The average molecular weight is 268 g/mol. The van der Waals surface area contributed by atoms with Gasteiger partial charge in [-0.3, -0.25) is 0 Å². The van der Waals surface area contributed by atoms with Crippen molar-refractivity contribution in [3.8, 4) is 11.1 Å². The predicted molar refractivity (Wildman–Crippen MR) is 68.8 cm³/mol. The van der Waals surface area contributed by atoms with Crippen LogP contribution in [0, 0.1) is 0 Å². The van der Waals surface area contributed by atoms with Crippen LogP contribution in [0.25, 0.3) is 11.1 Å². The Morgan fingerprint density at radius 2 is 1.82 bits per heavy atom. The lowest BCUT2D eigenvalue weighted by atomic mass is 10.1. The van der Waals surface area contributed by atoms with E-state index in [2.05, 4.69) is 0 Å². The molecule has 0 aliphatic carbocycles. The number of aliphatic hydroxyl groups is 1. The lowest BCUT2D eigenvalue weighted by Crippen LogP contribution is -1.95. The summed E-state index contributed by atoms with van der Waals surface area (Å²) >= 11 is 1.49. The molecule has 2 rings (SSSR count). The summed E-state index contributed by atoms with van der Waals surface area (Å²) in [6.07, 6.45) is 1.19. The fraction of sp³-hybridized carbons (Fsp3) is 0.167. The normalized spacial score (nSPS) is 11.6. The van der Waals surface area contributed by atoms with Crippen LogP contribution < -0.4 is 0 Å². The Bertz CT molecular complexity index is 609. The van der Waals surface area contributed by atoms with E-state index in [0.29, 0.717) is 4.90 Å². The van der Waals surface area contributed by atoms with E-state index >= 15 is 0 Å². The van der Waals surface area contributed by atoms with E-state index < -0.39 is 9.84 Å². The van der Waals surface area contributed by atoms with Gasteiger partial charge in [-0.2, -0.15) is 0 Å². The summed E-state index contributed by atoms with van der Waals surface area (Å²) < 4.78 is 22.6. The van der Waals surface area contributed by atoms with Crippen LogP contribution in [-0.4, -0.2) is 19.8 Å². The Morgan fingerprint density at radius 3 is 2.29 bits per heavy atom. The molecular formula is C12H12O3S2. The van der Waals surface area contributed by atoms with Crippen molar-refractivity contribution < 1.29 is 13.5 Å². The number of sulfone groups is 1. The lowest BCUT2D eigenvalue weighted by molar-refractivity contribution is 0.285. The van der Waals surface area contributed by atoms with Crippen molar-refractivity contribution in [1.29, 1.82) is 0 Å². The van der Waals surface area contributed by atoms with E-state index in [1.165, 1.54) is 17.6 Å². The van der Waals surface area contributed by atoms with Crippen LogP contribution in [0.15, 0.2) is 40.6 Å². The molecule has 0 aliphatic rings. The summed E-state index contributed by atoms with van der Waals surface area (Å²) in [5, 5.41) is 10.9. The van der Waals surface area contributed by atoms with Crippen LogP contribution in [-0.2, 0) is 16.4 Å². The van der Waals surface area contributed by atoms with Gasteiger partial charge in [0.05, 0.1) is 11.5 Å². The molecule has 1 heterocycles. The maximum absolute atomic E-state index is 11.3. The molecule has 0 atom stereocenters. The molecule has 0 saturated heterocycles. The van der Waals surface area contributed by atoms with Gasteiger partial charge in [0.15, 0.2) is 9.84 Å². The molecule has 1 aromatic heterocycles. The highest BCUT2D eigenvalue weighted by Gasteiger charge is 2.07. The smallest absolute Gasteiger partial charge is 0.175 e. The topological polar surface area (TPSA) is 54.4 Å². The van der Waals surface area contributed by atoms with Crippen LogP contribution in [0.2, 0.25) is 0 Å². The van der Waals surface area contributed by atoms with E-state index in [0.717, 1.165) is 16.0 Å². The van der Waals surface area contributed by atoms with Crippen molar-refractivity contribution in [3.05, 3.63) is 40.6 Å². The third-order valence-electron chi connectivity index (χ3n) is 2.43. The highest BCUT2D eigenvalue weighted by atomic mass is 32.2. The molecule has 0 amide bonds. The Hall–Kier alpha value is -1.17. The van der Waals surface area contributed by atoms with Crippen molar-refractivity contribution in [2.24, 2.45) is 0 Å². The minimum Gasteiger partial charge on any atom is -0.391 e. The van der Waals surface area contributed by atoms with Crippen molar-refractivity contribution >= 4 is 21.2 Å². The van der Waals surface area contributed by atoms with Crippen molar-refractivity contribution in [2.75, 3.05) is 6.26 Å². The van der Waals surface area contributed by atoms with E-state index in [-0.39, 0.29) is 6.61 Å². The Labute approximate surface area is 104 Å². The maximum atomic E-state index is 11.3. The molecule has 1 N–H and O–H groups in total. The molecule has 0 bridgehead atoms. The molecule has 1 aromatic carbocycles. The fourth-order valence-corrected chi connectivity index (χ4v) is 2.89. The van der Waals surface area contributed by atoms with Gasteiger partial charge in [0.25, 0.3) is 0 Å². The number of rotatable bonds is 3. The number of hydrogen-bond acceptors (Lipinski definition) is 4. The molecule has 0 aliphatic heterocycles. The summed E-state index contributed by atoms with van der Waals surface area (Å²) in [7, 11) is -3.14. The quantitative estimate of drug-likeness (QED) is 0.929. The minimum absolute atomic E-state index is 0.0338. The van der Waals surface area contributed by atoms with Gasteiger partial charge in [0, 0.05) is 11.1 Å². The molecule has 90 valence electrons. The van der Waals surface area contributed by atoms with E-state index in [1.807, 2.05) is 11.4 Å². The van der Waals surface area contributed by atoms with Gasteiger partial charge in [-0.15, -0.1) is 11.3 Å². The third kappa shape index (κ3) is 2.74. The third-order valence-corrected chi connectivity index (χ3v) is 4.48. The summed E-state index contributed by atoms with van der Waals surface area (Å²) in [6, 6.07) is 8.65. The van der Waals surface area contributed by atoms with E-state index in [4.69, 9.17) is 5.11 Å². The molecule has 5 heteroatoms. The maximum Gasteiger partial charge on any atom is 0.175 e. The molecule has 0 unspecified atom stereocenters. The zero-order chi connectivity index (χ0) is 12.5. The first-order valence-electron chi connectivity index (χ1n) is 4.99. The Kier molecular flexibility index (Phi) is 3.33. The van der Waals surface area contributed by atoms with Gasteiger partial charge in [0.1, 0.15) is 0 Å². The molecular weight excluding hydrogens is 256 g/mol. The Balaban J connectivity index is 2.35. The van der Waals surface area contributed by atoms with E-state index in [9.17, 15) is 8.42 Å². The molecule has 0 saturated carbocycles. The van der Waals surface area contributed by atoms with Crippen LogP contribution >= 0.6 is 11.3 Å². The minimum atomic E-state index is -3.14. The van der Waals surface area contributed by atoms with Crippen LogP contribution in [0.5, 0.6) is 0 Å². The lowest BCUT2D eigenvalue weighted by Gasteiger charge is -2.00. The summed E-state index contributed by atoms with van der Waals surface area (Å²) in [5.74, 6) is 0. The van der Waals surface area contributed by atoms with Gasteiger partial charge in [-0.1, -0.05) is 12.1 Å². The fourth-order valence-electron chi connectivity index (χ4n) is 1.51. The van der Waals surface area contributed by atoms with Gasteiger partial charge < -0.3 is 5.11 Å². The highest BCUT2D eigenvalue weighted by molar-refractivity contribution is 7.90. The molecule has 0 spiro atoms. The number of thiophene rings is 1. The van der Waals surface area contributed by atoms with Crippen LogP contribution in [0.4, 0.5) is 0 Å². The monoisotopic (exact) mass is 268 g/mol. The molecule has 17 heavy (non-hydrogen) atoms. The first kappa shape index (κ1) is 12.3. The second kappa shape index (κ2) is 4.60. The molecule has 0 radical (unpaired) electrons. The van der Waals surface area contributed by atoms with Gasteiger partial charge in [-0.05, 0) is 34.7 Å². The van der Waals surface area contributed by atoms with Crippen molar-refractivity contribution in [3.63, 3.8) is 0 Å². The van der Waals surface area contributed by atoms with Crippen LogP contribution in [0.3, 0.4) is 0 Å². The molecule has 3 nitrogen and oxygen atoms in total. The van der Waals surface area contributed by atoms with Crippen LogP contribution in [0.1, 0.15) is 4.88 Å². The summed E-state index contributed by atoms with van der Waals surface area (Å²) in [5.41, 5.74) is 1.95. The first-order valence-corrected chi connectivity index (χ1v) is 7.76. The van der Waals surface area contributed by atoms with Crippen molar-refractivity contribution in [1.82, 2.24) is 0 Å². The Morgan fingerprint density at radius 1 is 1.18 bits per heavy atom. The molecule has 0 fully saturated rings. The molecule has 2 aromatic rings. The summed E-state index contributed by atoms with van der Waals surface area (Å²) in [4.78, 5) is 1.21. The standard InChI is InChI=1S/C12H12O3S2/c1-17(14,15)12-4-2-9(3-5-12)10-6-11(7-13)16-8-10/h2-6,8,13H,7H2,1H3. The second-order valence-corrected chi connectivity index (χ2v) is 6.77.